The highest BCUT2D eigenvalue weighted by molar-refractivity contribution is 6.30. The number of aromatic nitrogens is 3. The molecule has 1 saturated carbocycles. The molecule has 4 aliphatic rings. The van der Waals surface area contributed by atoms with Crippen LogP contribution in [0.25, 0.3) is 10.9 Å². The fraction of sp³-hybridized carbons (Fsp3) is 0.650. The maximum Gasteiger partial charge on any atom is 0.319 e. The van der Waals surface area contributed by atoms with E-state index in [2.05, 4.69) is 15.0 Å². The topological polar surface area (TPSA) is 63.6 Å². The minimum Gasteiger partial charge on any atom is -0.461 e. The van der Waals surface area contributed by atoms with E-state index in [9.17, 15) is 8.78 Å². The molecule has 3 saturated heterocycles. The molecule has 0 aromatic carbocycles. The van der Waals surface area contributed by atoms with Crippen molar-refractivity contribution in [1.29, 1.82) is 0 Å². The molecule has 0 amide bonds. The smallest absolute Gasteiger partial charge is 0.319 e. The van der Waals surface area contributed by atoms with Crippen LogP contribution < -0.4 is 9.64 Å². The molecule has 5 heterocycles. The Kier molecular flexibility index (Phi) is 3.83. The molecule has 4 fully saturated rings. The monoisotopic (exact) mass is 439 g/mol. The fourth-order valence-corrected chi connectivity index (χ4v) is 5.20. The van der Waals surface area contributed by atoms with E-state index in [1.807, 2.05) is 9.80 Å². The second kappa shape index (κ2) is 6.83. The first-order valence-electron chi connectivity index (χ1n) is 11.3. The first kappa shape index (κ1) is 16.8. The zero-order chi connectivity index (χ0) is 22.3. The van der Waals surface area contributed by atoms with Gasteiger partial charge in [-0.1, -0.05) is 11.6 Å². The number of pyridine rings is 1. The predicted octanol–water partition coefficient (Wildman–Crippen LogP) is 2.75. The van der Waals surface area contributed by atoms with Gasteiger partial charge in [0.1, 0.15) is 24.1 Å². The van der Waals surface area contributed by atoms with Gasteiger partial charge in [-0.2, -0.15) is 9.97 Å². The van der Waals surface area contributed by atoms with E-state index in [1.54, 1.807) is 0 Å². The summed E-state index contributed by atoms with van der Waals surface area (Å²) in [4.78, 5) is 16.4. The Morgan fingerprint density at radius 2 is 2.30 bits per heavy atom. The summed E-state index contributed by atoms with van der Waals surface area (Å²) in [6.07, 6.45) is 2.50. The van der Waals surface area contributed by atoms with E-state index >= 15 is 0 Å². The quantitative estimate of drug-likeness (QED) is 0.679. The van der Waals surface area contributed by atoms with Gasteiger partial charge in [0.15, 0.2) is 11.0 Å². The summed E-state index contributed by atoms with van der Waals surface area (Å²) in [6, 6.07) is -0.192. The van der Waals surface area contributed by atoms with Crippen LogP contribution in [0.3, 0.4) is 0 Å². The zero-order valence-corrected chi connectivity index (χ0v) is 16.9. The Morgan fingerprint density at radius 3 is 3.20 bits per heavy atom. The second-order valence-corrected chi connectivity index (χ2v) is 8.81. The standard InChI is InChI=1S/C20H22ClF2N5O2/c21-17-15(23)16-12(8-24-17)18(28-4-5-29-14-6-13(14)28)26-19(25-16)30-10-20-2-1-3-27(20)9-11(22)7-20/h8,11,13-14H,1-7,9-10H2/t11-,13-,14+,20+/m1/s1/i10D2. The van der Waals surface area contributed by atoms with Crippen LogP contribution in [0.4, 0.5) is 14.6 Å². The summed E-state index contributed by atoms with van der Waals surface area (Å²) >= 11 is 5.90. The molecule has 2 aromatic heterocycles. The van der Waals surface area contributed by atoms with Crippen LogP contribution in [-0.2, 0) is 4.74 Å². The maximum atomic E-state index is 14.9. The van der Waals surface area contributed by atoms with E-state index in [0.717, 1.165) is 12.8 Å². The summed E-state index contributed by atoms with van der Waals surface area (Å²) in [5.74, 6) is -0.403. The Morgan fingerprint density at radius 1 is 1.40 bits per heavy atom. The van der Waals surface area contributed by atoms with Crippen LogP contribution >= 0.6 is 11.6 Å². The van der Waals surface area contributed by atoms with Gasteiger partial charge in [0.2, 0.25) is 0 Å². The molecule has 30 heavy (non-hydrogen) atoms. The van der Waals surface area contributed by atoms with E-state index in [1.165, 1.54) is 6.20 Å². The molecule has 0 N–H and O–H groups in total. The fourth-order valence-electron chi connectivity index (χ4n) is 5.06. The van der Waals surface area contributed by atoms with Gasteiger partial charge in [-0.15, -0.1) is 0 Å². The highest BCUT2D eigenvalue weighted by Crippen LogP contribution is 2.42. The number of rotatable bonds is 4. The van der Waals surface area contributed by atoms with Gasteiger partial charge in [-0.25, -0.2) is 13.8 Å². The normalized spacial score (nSPS) is 34.5. The van der Waals surface area contributed by atoms with Crippen LogP contribution in [0.15, 0.2) is 6.20 Å². The third kappa shape index (κ3) is 2.93. The van der Waals surface area contributed by atoms with Crippen LogP contribution in [-0.4, -0.2) is 76.5 Å². The second-order valence-electron chi connectivity index (χ2n) is 8.45. The van der Waals surface area contributed by atoms with Gasteiger partial charge in [0, 0.05) is 25.7 Å². The maximum absolute atomic E-state index is 14.9. The van der Waals surface area contributed by atoms with Gasteiger partial charge < -0.3 is 14.4 Å². The van der Waals surface area contributed by atoms with Gasteiger partial charge in [-0.05, 0) is 25.8 Å². The van der Waals surface area contributed by atoms with Crippen molar-refractivity contribution in [3.63, 3.8) is 0 Å². The van der Waals surface area contributed by atoms with Gasteiger partial charge in [0.05, 0.1) is 32.4 Å². The molecule has 6 rings (SSSR count). The zero-order valence-electron chi connectivity index (χ0n) is 18.2. The summed E-state index contributed by atoms with van der Waals surface area (Å²) in [5, 5.41) is 0.0386. The summed E-state index contributed by atoms with van der Waals surface area (Å²) in [6.45, 7) is -0.427. The minimum absolute atomic E-state index is 0.0394. The number of halogens is 3. The third-order valence-electron chi connectivity index (χ3n) is 6.57. The van der Waals surface area contributed by atoms with E-state index in [0.29, 0.717) is 37.3 Å². The van der Waals surface area contributed by atoms with Crippen molar-refractivity contribution >= 4 is 28.3 Å². The van der Waals surface area contributed by atoms with Crippen LogP contribution in [0.5, 0.6) is 6.01 Å². The molecule has 160 valence electrons. The Hall–Kier alpha value is -1.84. The van der Waals surface area contributed by atoms with Crippen molar-refractivity contribution in [2.75, 3.05) is 37.7 Å². The molecule has 0 spiro atoms. The number of morpholine rings is 1. The van der Waals surface area contributed by atoms with Gasteiger partial charge in [0.25, 0.3) is 0 Å². The number of anilines is 1. The van der Waals surface area contributed by atoms with Crippen molar-refractivity contribution < 1.29 is 21.0 Å². The molecule has 0 radical (unpaired) electrons. The lowest BCUT2D eigenvalue weighted by atomic mass is 9.95. The average molecular weight is 440 g/mol. The van der Waals surface area contributed by atoms with Crippen LogP contribution in [0, 0.1) is 5.82 Å². The number of fused-ring (bicyclic) bond motifs is 3. The van der Waals surface area contributed by atoms with Crippen molar-refractivity contribution in [2.24, 2.45) is 0 Å². The molecule has 2 aromatic rings. The molecule has 0 bridgehead atoms. The van der Waals surface area contributed by atoms with Crippen LogP contribution in [0.1, 0.15) is 28.4 Å². The lowest BCUT2D eigenvalue weighted by Crippen LogP contribution is -2.43. The molecule has 10 heteroatoms. The SMILES string of the molecule is [2H]C([2H])(Oc1nc(N2CCO[C@H]3C[C@H]32)c2cnc(Cl)c(F)c2n1)[C@@]12CCCN1C[C@H](F)C2. The molecular formula is C20H22ClF2N5O2. The van der Waals surface area contributed by atoms with Crippen molar-refractivity contribution in [3.8, 4) is 6.01 Å². The van der Waals surface area contributed by atoms with Crippen molar-refractivity contribution in [2.45, 2.75) is 49.5 Å². The minimum atomic E-state index is -2.27. The van der Waals surface area contributed by atoms with E-state index in [-0.39, 0.29) is 41.8 Å². The first-order chi connectivity index (χ1) is 15.3. The Balaban J connectivity index is 1.43. The average Bonchev–Trinajstić information content (AvgIpc) is 3.32. The number of ether oxygens (including phenoxy) is 2. The van der Waals surface area contributed by atoms with Crippen molar-refractivity contribution in [1.82, 2.24) is 19.9 Å². The molecule has 7 nitrogen and oxygen atoms in total. The Bertz CT molecular complexity index is 1100. The summed E-state index contributed by atoms with van der Waals surface area (Å²) in [7, 11) is 0. The largest absolute Gasteiger partial charge is 0.461 e. The number of alkyl halides is 1. The van der Waals surface area contributed by atoms with E-state index in [4.69, 9.17) is 23.8 Å². The number of nitrogens with zero attached hydrogens (tertiary/aromatic N) is 5. The summed E-state index contributed by atoms with van der Waals surface area (Å²) in [5.41, 5.74) is -1.18. The molecule has 4 atom stereocenters. The Labute approximate surface area is 180 Å². The van der Waals surface area contributed by atoms with Gasteiger partial charge in [-0.3, -0.25) is 4.90 Å². The number of hydrogen-bond donors (Lipinski definition) is 0. The first-order valence-corrected chi connectivity index (χ1v) is 10.6. The highest BCUT2D eigenvalue weighted by Gasteiger charge is 2.50. The van der Waals surface area contributed by atoms with Gasteiger partial charge >= 0.3 is 6.01 Å². The molecule has 3 aliphatic heterocycles. The van der Waals surface area contributed by atoms with E-state index < -0.39 is 24.1 Å². The number of hydrogen-bond acceptors (Lipinski definition) is 7. The highest BCUT2D eigenvalue weighted by atomic mass is 35.5. The molecular weight excluding hydrogens is 416 g/mol. The van der Waals surface area contributed by atoms with Crippen molar-refractivity contribution in [3.05, 3.63) is 17.2 Å². The summed E-state index contributed by atoms with van der Waals surface area (Å²) < 4.78 is 58.0. The molecule has 1 aliphatic carbocycles. The third-order valence-corrected chi connectivity index (χ3v) is 6.83. The molecule has 0 unspecified atom stereocenters. The lowest BCUT2D eigenvalue weighted by molar-refractivity contribution is 0.102. The van der Waals surface area contributed by atoms with Crippen LogP contribution in [0.2, 0.25) is 5.15 Å². The predicted molar refractivity (Wildman–Crippen MR) is 106 cm³/mol. The lowest BCUT2D eigenvalue weighted by Gasteiger charge is -2.31.